The second kappa shape index (κ2) is 6.32. The van der Waals surface area contributed by atoms with Gasteiger partial charge >= 0.3 is 5.97 Å². The summed E-state index contributed by atoms with van der Waals surface area (Å²) < 4.78 is 5.30. The first kappa shape index (κ1) is 16.2. The molecule has 2 rings (SSSR count). The van der Waals surface area contributed by atoms with E-state index >= 15 is 0 Å². The molecule has 0 aromatic rings. The van der Waals surface area contributed by atoms with Crippen LogP contribution in [0.3, 0.4) is 0 Å². The fourth-order valence-corrected chi connectivity index (χ4v) is 3.80. The number of nitrogens with one attached hydrogen (secondary N) is 1. The number of likely N-dealkylation sites (tertiary alicyclic amines) is 1. The Balaban J connectivity index is 2.29. The first-order chi connectivity index (χ1) is 10.0. The van der Waals surface area contributed by atoms with Crippen molar-refractivity contribution in [3.63, 3.8) is 0 Å². The highest BCUT2D eigenvalue weighted by Gasteiger charge is 2.53. The van der Waals surface area contributed by atoms with Crippen molar-refractivity contribution in [3.05, 3.63) is 0 Å². The summed E-state index contributed by atoms with van der Waals surface area (Å²) in [5.41, 5.74) is -1.59. The van der Waals surface area contributed by atoms with E-state index in [0.717, 1.165) is 19.5 Å². The van der Waals surface area contributed by atoms with Crippen LogP contribution in [0.1, 0.15) is 39.0 Å². The third-order valence-electron chi connectivity index (χ3n) is 5.15. The van der Waals surface area contributed by atoms with Crippen molar-refractivity contribution in [3.8, 4) is 0 Å². The third-order valence-corrected chi connectivity index (χ3v) is 5.15. The summed E-state index contributed by atoms with van der Waals surface area (Å²) in [6.45, 7) is 4.30. The molecule has 0 saturated carbocycles. The molecule has 2 aliphatic rings. The molecule has 6 nitrogen and oxygen atoms in total. The van der Waals surface area contributed by atoms with Crippen molar-refractivity contribution in [2.75, 3.05) is 33.4 Å². The molecule has 1 unspecified atom stereocenters. The number of amides is 1. The Labute approximate surface area is 125 Å². The number of nitrogens with zero attached hydrogens (tertiary/aromatic N) is 1. The van der Waals surface area contributed by atoms with Gasteiger partial charge in [0.2, 0.25) is 5.91 Å². The number of hydrogen-bond acceptors (Lipinski definition) is 4. The normalized spacial score (nSPS) is 28.6. The Morgan fingerprint density at radius 1 is 1.29 bits per heavy atom. The summed E-state index contributed by atoms with van der Waals surface area (Å²) in [5, 5.41) is 12.9. The van der Waals surface area contributed by atoms with Gasteiger partial charge in [0.1, 0.15) is 5.54 Å². The lowest BCUT2D eigenvalue weighted by molar-refractivity contribution is -0.164. The minimum Gasteiger partial charge on any atom is -0.479 e. The molecule has 21 heavy (non-hydrogen) atoms. The molecule has 2 aliphatic heterocycles. The van der Waals surface area contributed by atoms with Crippen LogP contribution >= 0.6 is 0 Å². The highest BCUT2D eigenvalue weighted by Crippen LogP contribution is 2.39. The van der Waals surface area contributed by atoms with E-state index in [1.807, 2.05) is 6.92 Å². The second-order valence-corrected chi connectivity index (χ2v) is 6.21. The molecular weight excluding hydrogens is 272 g/mol. The lowest BCUT2D eigenvalue weighted by Crippen LogP contribution is -2.59. The van der Waals surface area contributed by atoms with E-state index in [4.69, 9.17) is 4.74 Å². The lowest BCUT2D eigenvalue weighted by Gasteiger charge is -2.43. The van der Waals surface area contributed by atoms with Crippen LogP contribution in [-0.2, 0) is 14.3 Å². The van der Waals surface area contributed by atoms with Crippen LogP contribution in [0.25, 0.3) is 0 Å². The van der Waals surface area contributed by atoms with Crippen LogP contribution in [0.5, 0.6) is 0 Å². The highest BCUT2D eigenvalue weighted by atomic mass is 16.5. The molecule has 6 heteroatoms. The quantitative estimate of drug-likeness (QED) is 0.787. The van der Waals surface area contributed by atoms with Gasteiger partial charge in [0, 0.05) is 13.7 Å². The number of aliphatic carboxylic acids is 1. The van der Waals surface area contributed by atoms with Gasteiger partial charge in [0.15, 0.2) is 0 Å². The van der Waals surface area contributed by atoms with Crippen molar-refractivity contribution in [1.29, 1.82) is 0 Å². The molecule has 1 amide bonds. The number of hydrogen-bond donors (Lipinski definition) is 2. The number of ether oxygens (including phenoxy) is 1. The predicted octanol–water partition coefficient (Wildman–Crippen LogP) is 0.858. The van der Waals surface area contributed by atoms with E-state index in [0.29, 0.717) is 38.8 Å². The van der Waals surface area contributed by atoms with Gasteiger partial charge in [-0.05, 0) is 45.2 Å². The van der Waals surface area contributed by atoms with E-state index in [2.05, 4.69) is 5.32 Å². The van der Waals surface area contributed by atoms with Crippen molar-refractivity contribution in [2.45, 2.75) is 44.6 Å². The zero-order chi connectivity index (χ0) is 15.5. The van der Waals surface area contributed by atoms with E-state index in [-0.39, 0.29) is 5.91 Å². The maximum atomic E-state index is 13.1. The van der Waals surface area contributed by atoms with E-state index in [1.165, 1.54) is 0 Å². The standard InChI is InChI=1S/C15H26N2O4/c1-3-15(13(19)20)5-4-10-17(15)12(18)14(11-21-2)6-8-16-9-7-14/h16H,3-11H2,1-2H3,(H,19,20). The molecule has 2 fully saturated rings. The molecule has 120 valence electrons. The van der Waals surface area contributed by atoms with Crippen molar-refractivity contribution >= 4 is 11.9 Å². The predicted molar refractivity (Wildman–Crippen MR) is 78.0 cm³/mol. The second-order valence-electron chi connectivity index (χ2n) is 6.21. The van der Waals surface area contributed by atoms with Gasteiger partial charge in [-0.15, -0.1) is 0 Å². The zero-order valence-corrected chi connectivity index (χ0v) is 13.0. The van der Waals surface area contributed by atoms with E-state index in [9.17, 15) is 14.7 Å². The number of carbonyl (C=O) groups is 2. The Morgan fingerprint density at radius 3 is 2.48 bits per heavy atom. The molecule has 0 aliphatic carbocycles. The first-order valence-corrected chi connectivity index (χ1v) is 7.77. The molecule has 2 heterocycles. The van der Waals surface area contributed by atoms with Gasteiger partial charge in [-0.1, -0.05) is 6.92 Å². The molecule has 0 radical (unpaired) electrons. The number of carbonyl (C=O) groups excluding carboxylic acids is 1. The van der Waals surface area contributed by atoms with Crippen LogP contribution in [0.4, 0.5) is 0 Å². The third kappa shape index (κ3) is 2.66. The minimum absolute atomic E-state index is 0.0346. The molecule has 0 spiro atoms. The van der Waals surface area contributed by atoms with Gasteiger partial charge in [0.25, 0.3) is 0 Å². The molecule has 2 saturated heterocycles. The largest absolute Gasteiger partial charge is 0.479 e. The summed E-state index contributed by atoms with van der Waals surface area (Å²) in [6, 6.07) is 0. The monoisotopic (exact) mass is 298 g/mol. The van der Waals surface area contributed by atoms with Crippen LogP contribution < -0.4 is 5.32 Å². The van der Waals surface area contributed by atoms with Crippen LogP contribution in [0.15, 0.2) is 0 Å². The SMILES string of the molecule is CCC1(C(=O)O)CCCN1C(=O)C1(COC)CCNCC1. The molecule has 1 atom stereocenters. The van der Waals surface area contributed by atoms with E-state index in [1.54, 1.807) is 12.0 Å². The van der Waals surface area contributed by atoms with Gasteiger partial charge in [-0.2, -0.15) is 0 Å². The summed E-state index contributed by atoms with van der Waals surface area (Å²) in [6.07, 6.45) is 3.17. The van der Waals surface area contributed by atoms with E-state index < -0.39 is 16.9 Å². The average molecular weight is 298 g/mol. The molecule has 0 bridgehead atoms. The van der Waals surface area contributed by atoms with Crippen molar-refractivity contribution in [1.82, 2.24) is 10.2 Å². The Morgan fingerprint density at radius 2 is 1.95 bits per heavy atom. The molecule has 0 aromatic carbocycles. The van der Waals surface area contributed by atoms with Gasteiger partial charge in [-0.3, -0.25) is 4.79 Å². The molecule has 2 N–H and O–H groups in total. The molecular formula is C15H26N2O4. The summed E-state index contributed by atoms with van der Waals surface area (Å²) in [5.74, 6) is -0.912. The van der Waals surface area contributed by atoms with Gasteiger partial charge in [-0.25, -0.2) is 4.79 Å². The average Bonchev–Trinajstić information content (AvgIpc) is 2.92. The summed E-state index contributed by atoms with van der Waals surface area (Å²) in [7, 11) is 1.60. The van der Waals surface area contributed by atoms with Gasteiger partial charge < -0.3 is 20.1 Å². The van der Waals surface area contributed by atoms with Crippen molar-refractivity contribution < 1.29 is 19.4 Å². The van der Waals surface area contributed by atoms with Crippen LogP contribution in [0, 0.1) is 5.41 Å². The van der Waals surface area contributed by atoms with Crippen LogP contribution in [0.2, 0.25) is 0 Å². The number of piperidine rings is 1. The lowest BCUT2D eigenvalue weighted by atomic mass is 9.77. The number of rotatable bonds is 5. The maximum Gasteiger partial charge on any atom is 0.329 e. The van der Waals surface area contributed by atoms with Gasteiger partial charge in [0.05, 0.1) is 12.0 Å². The Bertz CT molecular complexity index is 401. The number of carboxylic acid groups (broad SMARTS) is 1. The highest BCUT2D eigenvalue weighted by molar-refractivity contribution is 5.91. The smallest absolute Gasteiger partial charge is 0.329 e. The van der Waals surface area contributed by atoms with Crippen LogP contribution in [-0.4, -0.2) is 60.8 Å². The maximum absolute atomic E-state index is 13.1. The summed E-state index contributed by atoms with van der Waals surface area (Å²) in [4.78, 5) is 26.5. The molecule has 0 aromatic heterocycles. The number of methoxy groups -OCH3 is 1. The number of carboxylic acids is 1. The topological polar surface area (TPSA) is 78.9 Å². The zero-order valence-electron chi connectivity index (χ0n) is 13.0. The van der Waals surface area contributed by atoms with Crippen molar-refractivity contribution in [2.24, 2.45) is 5.41 Å². The fourth-order valence-electron chi connectivity index (χ4n) is 3.80. The first-order valence-electron chi connectivity index (χ1n) is 7.77. The summed E-state index contributed by atoms with van der Waals surface area (Å²) >= 11 is 0. The Hall–Kier alpha value is -1.14. The fraction of sp³-hybridized carbons (Fsp3) is 0.867. The Kier molecular flexibility index (Phi) is 4.88. The minimum atomic E-state index is -1.03.